The van der Waals surface area contributed by atoms with Crippen molar-refractivity contribution >= 4 is 11.8 Å². The van der Waals surface area contributed by atoms with Crippen LogP contribution in [-0.4, -0.2) is 24.5 Å². The molecule has 0 aliphatic heterocycles. The number of hydrogen-bond acceptors (Lipinski definition) is 4. The molecule has 0 aliphatic rings. The first-order valence-electron chi connectivity index (χ1n) is 9.75. The van der Waals surface area contributed by atoms with Crippen LogP contribution >= 0.6 is 0 Å². The summed E-state index contributed by atoms with van der Waals surface area (Å²) in [5, 5.41) is 0. The molecule has 2 amide bonds. The second-order valence-electron chi connectivity index (χ2n) is 6.52. The molecule has 3 rings (SSSR count). The van der Waals surface area contributed by atoms with E-state index >= 15 is 0 Å². The normalized spacial score (nSPS) is 11.2. The van der Waals surface area contributed by atoms with Crippen LogP contribution in [0.25, 0.3) is 11.1 Å². The van der Waals surface area contributed by atoms with E-state index in [4.69, 9.17) is 9.47 Å². The Bertz CT molecular complexity index is 961. The molecule has 154 valence electrons. The van der Waals surface area contributed by atoms with Gasteiger partial charge in [-0.15, -0.1) is 0 Å². The molecular formula is C24H24N2O4. The fraction of sp³-hybridized carbons (Fsp3) is 0.167. The molecule has 6 nitrogen and oxygen atoms in total. The van der Waals surface area contributed by atoms with Gasteiger partial charge >= 0.3 is 0 Å². The Balaban J connectivity index is 1.51. The van der Waals surface area contributed by atoms with E-state index in [1.54, 1.807) is 18.2 Å². The third kappa shape index (κ3) is 5.85. The smallest absolute Gasteiger partial charge is 0.279 e. The molecule has 3 aromatic rings. The Morgan fingerprint density at radius 1 is 0.833 bits per heavy atom. The van der Waals surface area contributed by atoms with Crippen LogP contribution in [0.1, 0.15) is 13.3 Å². The highest BCUT2D eigenvalue weighted by atomic mass is 16.5. The average Bonchev–Trinajstić information content (AvgIpc) is 2.81. The Kier molecular flexibility index (Phi) is 7.44. The minimum absolute atomic E-state index is 0.236. The van der Waals surface area contributed by atoms with E-state index in [1.165, 1.54) is 0 Å². The number of carbonyl (C=O) groups is 2. The summed E-state index contributed by atoms with van der Waals surface area (Å²) in [5.74, 6) is 0.274. The van der Waals surface area contributed by atoms with Crippen LogP contribution in [-0.2, 0) is 9.59 Å². The van der Waals surface area contributed by atoms with Crippen LogP contribution in [0.15, 0.2) is 84.9 Å². The SMILES string of the molecule is CCC(Oc1ccccc1)C(=O)NNC(=O)COc1ccccc1-c1ccccc1. The van der Waals surface area contributed by atoms with Crippen molar-refractivity contribution in [1.29, 1.82) is 0 Å². The predicted molar refractivity (Wildman–Crippen MR) is 115 cm³/mol. The number of para-hydroxylation sites is 2. The first kappa shape index (κ1) is 20.9. The summed E-state index contributed by atoms with van der Waals surface area (Å²) in [4.78, 5) is 24.5. The molecule has 6 heteroatoms. The molecule has 3 aromatic carbocycles. The van der Waals surface area contributed by atoms with Gasteiger partial charge in [-0.2, -0.15) is 0 Å². The first-order chi connectivity index (χ1) is 14.7. The van der Waals surface area contributed by atoms with Crippen molar-refractivity contribution in [2.45, 2.75) is 19.4 Å². The van der Waals surface area contributed by atoms with Crippen molar-refractivity contribution in [1.82, 2.24) is 10.9 Å². The van der Waals surface area contributed by atoms with E-state index in [0.717, 1.165) is 11.1 Å². The second-order valence-corrected chi connectivity index (χ2v) is 6.52. The number of nitrogens with one attached hydrogen (secondary N) is 2. The Hall–Kier alpha value is -3.80. The van der Waals surface area contributed by atoms with E-state index in [1.807, 2.05) is 73.7 Å². The molecule has 0 bridgehead atoms. The highest BCUT2D eigenvalue weighted by molar-refractivity contribution is 5.85. The van der Waals surface area contributed by atoms with E-state index in [-0.39, 0.29) is 6.61 Å². The van der Waals surface area contributed by atoms with Crippen molar-refractivity contribution in [3.05, 3.63) is 84.9 Å². The molecule has 30 heavy (non-hydrogen) atoms. The zero-order valence-electron chi connectivity index (χ0n) is 16.7. The van der Waals surface area contributed by atoms with Gasteiger partial charge in [0.15, 0.2) is 12.7 Å². The molecule has 0 aromatic heterocycles. The van der Waals surface area contributed by atoms with Crippen LogP contribution in [0.2, 0.25) is 0 Å². The highest BCUT2D eigenvalue weighted by Crippen LogP contribution is 2.29. The van der Waals surface area contributed by atoms with Crippen molar-refractivity contribution in [2.24, 2.45) is 0 Å². The number of ether oxygens (including phenoxy) is 2. The lowest BCUT2D eigenvalue weighted by molar-refractivity contribution is -0.134. The largest absolute Gasteiger partial charge is 0.483 e. The molecule has 0 radical (unpaired) electrons. The molecule has 2 N–H and O–H groups in total. The van der Waals surface area contributed by atoms with Crippen molar-refractivity contribution in [3.8, 4) is 22.6 Å². The summed E-state index contributed by atoms with van der Waals surface area (Å²) in [7, 11) is 0. The minimum Gasteiger partial charge on any atom is -0.483 e. The van der Waals surface area contributed by atoms with E-state index < -0.39 is 17.9 Å². The van der Waals surface area contributed by atoms with Gasteiger partial charge < -0.3 is 9.47 Å². The molecule has 0 aliphatic carbocycles. The Morgan fingerprint density at radius 3 is 2.17 bits per heavy atom. The number of amides is 2. The number of benzene rings is 3. The topological polar surface area (TPSA) is 76.7 Å². The molecule has 0 saturated heterocycles. The standard InChI is InChI=1S/C24H24N2O4/c1-2-21(30-19-13-7-4-8-14-19)24(28)26-25-23(27)17-29-22-16-10-9-15-20(22)18-11-5-3-6-12-18/h3-16,21H,2,17H2,1H3,(H,25,27)(H,26,28). The van der Waals surface area contributed by atoms with Gasteiger partial charge in [0.2, 0.25) is 0 Å². The maximum absolute atomic E-state index is 12.3. The van der Waals surface area contributed by atoms with Crippen LogP contribution in [0.4, 0.5) is 0 Å². The van der Waals surface area contributed by atoms with Gasteiger partial charge in [-0.25, -0.2) is 0 Å². The second kappa shape index (κ2) is 10.7. The minimum atomic E-state index is -0.715. The molecule has 0 heterocycles. The van der Waals surface area contributed by atoms with Gasteiger partial charge in [-0.1, -0.05) is 73.7 Å². The summed E-state index contributed by atoms with van der Waals surface area (Å²) in [6.45, 7) is 1.60. The molecule has 0 fully saturated rings. The van der Waals surface area contributed by atoms with Crippen LogP contribution in [0.5, 0.6) is 11.5 Å². The summed E-state index contributed by atoms with van der Waals surface area (Å²) in [6, 6.07) is 26.3. The summed E-state index contributed by atoms with van der Waals surface area (Å²) in [5.41, 5.74) is 6.64. The summed E-state index contributed by atoms with van der Waals surface area (Å²) < 4.78 is 11.3. The fourth-order valence-electron chi connectivity index (χ4n) is 2.83. The number of hydrazine groups is 1. The number of carbonyl (C=O) groups excluding carboxylic acids is 2. The van der Waals surface area contributed by atoms with Gasteiger partial charge in [0.05, 0.1) is 0 Å². The molecule has 0 spiro atoms. The number of hydrogen-bond donors (Lipinski definition) is 2. The van der Waals surface area contributed by atoms with E-state index in [9.17, 15) is 9.59 Å². The van der Waals surface area contributed by atoms with E-state index in [0.29, 0.717) is 17.9 Å². The maximum atomic E-state index is 12.3. The molecule has 0 saturated carbocycles. The third-order valence-electron chi connectivity index (χ3n) is 4.34. The van der Waals surface area contributed by atoms with Crippen LogP contribution < -0.4 is 20.3 Å². The monoisotopic (exact) mass is 404 g/mol. The summed E-state index contributed by atoms with van der Waals surface area (Å²) in [6.07, 6.45) is -0.259. The van der Waals surface area contributed by atoms with Gasteiger partial charge in [0.25, 0.3) is 11.8 Å². The van der Waals surface area contributed by atoms with Gasteiger partial charge in [0, 0.05) is 5.56 Å². The lowest BCUT2D eigenvalue weighted by atomic mass is 10.1. The van der Waals surface area contributed by atoms with Gasteiger partial charge in [0.1, 0.15) is 11.5 Å². The lowest BCUT2D eigenvalue weighted by Gasteiger charge is -2.17. The number of rotatable bonds is 8. The van der Waals surface area contributed by atoms with Gasteiger partial charge in [-0.3, -0.25) is 20.4 Å². The van der Waals surface area contributed by atoms with Crippen LogP contribution in [0, 0.1) is 0 Å². The van der Waals surface area contributed by atoms with Crippen LogP contribution in [0.3, 0.4) is 0 Å². The lowest BCUT2D eigenvalue weighted by Crippen LogP contribution is -2.49. The fourth-order valence-corrected chi connectivity index (χ4v) is 2.83. The zero-order chi connectivity index (χ0) is 21.2. The highest BCUT2D eigenvalue weighted by Gasteiger charge is 2.19. The Labute approximate surface area is 175 Å². The van der Waals surface area contributed by atoms with Crippen molar-refractivity contribution < 1.29 is 19.1 Å². The average molecular weight is 404 g/mol. The van der Waals surface area contributed by atoms with Crippen molar-refractivity contribution in [3.63, 3.8) is 0 Å². The molecule has 1 unspecified atom stereocenters. The van der Waals surface area contributed by atoms with Gasteiger partial charge in [-0.05, 0) is 30.2 Å². The quantitative estimate of drug-likeness (QED) is 0.561. The predicted octanol–water partition coefficient (Wildman–Crippen LogP) is 3.74. The first-order valence-corrected chi connectivity index (χ1v) is 9.75. The van der Waals surface area contributed by atoms with E-state index in [2.05, 4.69) is 10.9 Å². The Morgan fingerprint density at radius 2 is 1.47 bits per heavy atom. The molecular weight excluding hydrogens is 380 g/mol. The third-order valence-corrected chi connectivity index (χ3v) is 4.34. The van der Waals surface area contributed by atoms with Crippen molar-refractivity contribution in [2.75, 3.05) is 6.61 Å². The maximum Gasteiger partial charge on any atom is 0.279 e. The zero-order valence-corrected chi connectivity index (χ0v) is 16.7. The summed E-state index contributed by atoms with van der Waals surface area (Å²) >= 11 is 0. The molecule has 1 atom stereocenters.